The van der Waals surface area contributed by atoms with Crippen LogP contribution < -0.4 is 4.74 Å². The molecule has 2 heterocycles. The molecule has 1 aromatic rings. The van der Waals surface area contributed by atoms with E-state index in [4.69, 9.17) is 9.47 Å². The second-order valence-electron chi connectivity index (χ2n) is 3.87. The molecule has 0 amide bonds. The smallest absolute Gasteiger partial charge is 0.308 e. The van der Waals surface area contributed by atoms with Gasteiger partial charge in [0.05, 0.1) is 17.4 Å². The first-order chi connectivity index (χ1) is 9.77. The van der Waals surface area contributed by atoms with Gasteiger partial charge >= 0.3 is 5.97 Å². The highest BCUT2D eigenvalue weighted by molar-refractivity contribution is 7.11. The van der Waals surface area contributed by atoms with Crippen LogP contribution >= 0.6 is 11.3 Å². The Kier molecular flexibility index (Phi) is 5.15. The zero-order valence-corrected chi connectivity index (χ0v) is 11.8. The van der Waals surface area contributed by atoms with E-state index in [1.807, 2.05) is 41.8 Å². The van der Waals surface area contributed by atoms with Crippen molar-refractivity contribution in [1.82, 2.24) is 0 Å². The predicted molar refractivity (Wildman–Crippen MR) is 81.3 cm³/mol. The normalized spacial score (nSPS) is 14.3. The van der Waals surface area contributed by atoms with Gasteiger partial charge in [-0.1, -0.05) is 30.4 Å². The standard InChI is InChI=1S/C16H14O3S/c1-13(17)19-15-9-12-20-16(15)14-7-5-3-2-4-6-10-18-11-8-14/h2-12H,1H3. The van der Waals surface area contributed by atoms with Crippen LogP contribution in [-0.2, 0) is 9.53 Å². The van der Waals surface area contributed by atoms with Crippen molar-refractivity contribution in [1.29, 1.82) is 0 Å². The van der Waals surface area contributed by atoms with E-state index in [1.165, 1.54) is 18.3 Å². The Morgan fingerprint density at radius 2 is 1.95 bits per heavy atom. The summed E-state index contributed by atoms with van der Waals surface area (Å²) >= 11 is 1.51. The zero-order chi connectivity index (χ0) is 14.2. The van der Waals surface area contributed by atoms with E-state index in [9.17, 15) is 4.79 Å². The van der Waals surface area contributed by atoms with E-state index >= 15 is 0 Å². The molecule has 1 aliphatic heterocycles. The van der Waals surface area contributed by atoms with Crippen LogP contribution in [0.25, 0.3) is 5.57 Å². The van der Waals surface area contributed by atoms with Crippen molar-refractivity contribution >= 4 is 22.9 Å². The van der Waals surface area contributed by atoms with Gasteiger partial charge in [-0.25, -0.2) is 0 Å². The molecule has 3 nitrogen and oxygen atoms in total. The topological polar surface area (TPSA) is 35.5 Å². The lowest BCUT2D eigenvalue weighted by molar-refractivity contribution is -0.131. The minimum Gasteiger partial charge on any atom is -0.473 e. The van der Waals surface area contributed by atoms with E-state index in [0.717, 1.165) is 10.5 Å². The molecule has 0 saturated carbocycles. The van der Waals surface area contributed by atoms with E-state index in [-0.39, 0.29) is 5.97 Å². The van der Waals surface area contributed by atoms with Crippen LogP contribution in [0.15, 0.2) is 66.5 Å². The van der Waals surface area contributed by atoms with Crippen molar-refractivity contribution < 1.29 is 14.3 Å². The largest absolute Gasteiger partial charge is 0.473 e. The molecule has 0 spiro atoms. The highest BCUT2D eigenvalue weighted by atomic mass is 32.1. The van der Waals surface area contributed by atoms with Crippen molar-refractivity contribution in [3.63, 3.8) is 0 Å². The number of rotatable bonds is 2. The first-order valence-corrected chi connectivity index (χ1v) is 6.94. The van der Waals surface area contributed by atoms with Gasteiger partial charge in [-0.15, -0.1) is 11.3 Å². The molecule has 0 fully saturated rings. The first-order valence-electron chi connectivity index (χ1n) is 6.06. The van der Waals surface area contributed by atoms with Crippen LogP contribution in [0, 0.1) is 0 Å². The van der Waals surface area contributed by atoms with Crippen molar-refractivity contribution in [2.24, 2.45) is 0 Å². The first kappa shape index (κ1) is 14.1. The molecule has 0 radical (unpaired) electrons. The van der Waals surface area contributed by atoms with Gasteiger partial charge in [-0.3, -0.25) is 4.79 Å². The van der Waals surface area contributed by atoms with Crippen molar-refractivity contribution in [3.05, 3.63) is 71.4 Å². The molecule has 0 N–H and O–H groups in total. The van der Waals surface area contributed by atoms with E-state index < -0.39 is 0 Å². The number of carbonyl (C=O) groups excluding carboxylic acids is 1. The van der Waals surface area contributed by atoms with Gasteiger partial charge in [-0.2, -0.15) is 0 Å². The summed E-state index contributed by atoms with van der Waals surface area (Å²) in [7, 11) is 0. The lowest BCUT2D eigenvalue weighted by Gasteiger charge is -2.03. The SMILES string of the molecule is CC(=O)Oc1ccsc1C1=CC=CC=CC=COC=C1. The second-order valence-corrected chi connectivity index (χ2v) is 4.78. The monoisotopic (exact) mass is 286 g/mol. The minimum absolute atomic E-state index is 0.330. The number of carbonyl (C=O) groups is 1. The molecule has 1 aliphatic rings. The van der Waals surface area contributed by atoms with Gasteiger partial charge in [0.2, 0.25) is 0 Å². The van der Waals surface area contributed by atoms with Crippen molar-refractivity contribution in [2.45, 2.75) is 6.92 Å². The molecule has 0 unspecified atom stereocenters. The third-order valence-corrected chi connectivity index (χ3v) is 3.29. The Bertz CT molecular complexity index is 615. The van der Waals surface area contributed by atoms with Gasteiger partial charge in [0, 0.05) is 6.92 Å². The Morgan fingerprint density at radius 3 is 2.80 bits per heavy atom. The van der Waals surface area contributed by atoms with E-state index in [0.29, 0.717) is 5.75 Å². The molecule has 20 heavy (non-hydrogen) atoms. The lowest BCUT2D eigenvalue weighted by Crippen LogP contribution is -2.01. The summed E-state index contributed by atoms with van der Waals surface area (Å²) in [6.07, 6.45) is 16.4. The number of allylic oxidation sites excluding steroid dienone is 8. The molecule has 0 atom stereocenters. The minimum atomic E-state index is -0.330. The number of thiophene rings is 1. The Morgan fingerprint density at radius 1 is 1.15 bits per heavy atom. The van der Waals surface area contributed by atoms with Gasteiger partial charge in [0.15, 0.2) is 0 Å². The molecule has 0 aromatic carbocycles. The fourth-order valence-electron chi connectivity index (χ4n) is 1.55. The third-order valence-electron chi connectivity index (χ3n) is 2.35. The maximum absolute atomic E-state index is 11.1. The number of esters is 1. The van der Waals surface area contributed by atoms with E-state index in [1.54, 1.807) is 24.7 Å². The van der Waals surface area contributed by atoms with E-state index in [2.05, 4.69) is 0 Å². The lowest BCUT2D eigenvalue weighted by atomic mass is 10.2. The molecular formula is C16H14O3S. The predicted octanol–water partition coefficient (Wildman–Crippen LogP) is 4.23. The molecule has 102 valence electrons. The molecule has 1 aromatic heterocycles. The van der Waals surface area contributed by atoms with Crippen LogP contribution in [-0.4, -0.2) is 5.97 Å². The van der Waals surface area contributed by atoms with Crippen molar-refractivity contribution in [3.8, 4) is 5.75 Å². The summed E-state index contributed by atoms with van der Waals surface area (Å²) in [5.74, 6) is 0.233. The molecule has 0 saturated heterocycles. The molecule has 0 bridgehead atoms. The Labute approximate surface area is 121 Å². The third kappa shape index (κ3) is 4.10. The van der Waals surface area contributed by atoms with Crippen LogP contribution in [0.4, 0.5) is 0 Å². The summed E-state index contributed by atoms with van der Waals surface area (Å²) in [4.78, 5) is 12.0. The van der Waals surface area contributed by atoms with Gasteiger partial charge < -0.3 is 9.47 Å². The fourth-order valence-corrected chi connectivity index (χ4v) is 2.38. The van der Waals surface area contributed by atoms with Gasteiger partial charge in [0.1, 0.15) is 5.75 Å². The van der Waals surface area contributed by atoms with Crippen LogP contribution in [0.3, 0.4) is 0 Å². The quantitative estimate of drug-likeness (QED) is 0.763. The summed E-state index contributed by atoms with van der Waals surface area (Å²) in [5.41, 5.74) is 0.913. The second kappa shape index (κ2) is 7.31. The molecule has 2 rings (SSSR count). The highest BCUT2D eigenvalue weighted by Crippen LogP contribution is 2.33. The Hall–Kier alpha value is -2.33. The number of hydrogen-bond donors (Lipinski definition) is 0. The zero-order valence-electron chi connectivity index (χ0n) is 11.0. The Balaban J connectivity index is 2.33. The molecule has 4 heteroatoms. The average Bonchev–Trinajstić information content (AvgIpc) is 2.82. The maximum Gasteiger partial charge on any atom is 0.308 e. The average molecular weight is 286 g/mol. The summed E-state index contributed by atoms with van der Waals surface area (Å²) in [5, 5.41) is 1.89. The van der Waals surface area contributed by atoms with Gasteiger partial charge in [0.25, 0.3) is 0 Å². The van der Waals surface area contributed by atoms with Crippen LogP contribution in [0.5, 0.6) is 5.75 Å². The van der Waals surface area contributed by atoms with Gasteiger partial charge in [-0.05, 0) is 29.2 Å². The maximum atomic E-state index is 11.1. The molecular weight excluding hydrogens is 272 g/mol. The van der Waals surface area contributed by atoms with Crippen molar-refractivity contribution in [2.75, 3.05) is 0 Å². The number of ether oxygens (including phenoxy) is 2. The van der Waals surface area contributed by atoms with Crippen LogP contribution in [0.1, 0.15) is 11.8 Å². The summed E-state index contributed by atoms with van der Waals surface area (Å²) in [6.45, 7) is 1.39. The molecule has 0 aliphatic carbocycles. The van der Waals surface area contributed by atoms with Crippen LogP contribution in [0.2, 0.25) is 0 Å². The fraction of sp³-hybridized carbons (Fsp3) is 0.0625. The summed E-state index contributed by atoms with van der Waals surface area (Å²) in [6, 6.07) is 1.78. The highest BCUT2D eigenvalue weighted by Gasteiger charge is 2.10. The number of hydrogen-bond acceptors (Lipinski definition) is 4. The summed E-state index contributed by atoms with van der Waals surface area (Å²) < 4.78 is 10.4.